The van der Waals surface area contributed by atoms with Gasteiger partial charge >= 0.3 is 19.4 Å². The minimum absolute atomic E-state index is 0.106. The van der Waals surface area contributed by atoms with Crippen molar-refractivity contribution in [3.8, 4) is 0 Å². The SMILES string of the molecule is Cc1ccccc1CO[P@@](=O)(N[C@@H](C)C(=O)OC(C)C)OCC1OC(n2cc(F)c(=O)[nH]c2=O)CC1O. The molecule has 204 valence electrons. The largest absolute Gasteiger partial charge is 0.462 e. The molecule has 12 nitrogen and oxygen atoms in total. The Balaban J connectivity index is 1.73. The summed E-state index contributed by atoms with van der Waals surface area (Å²) in [6.07, 6.45) is -3.21. The Hall–Kier alpha value is -2.67. The van der Waals surface area contributed by atoms with E-state index in [1.165, 1.54) is 6.92 Å². The molecule has 14 heteroatoms. The molecule has 0 radical (unpaired) electrons. The van der Waals surface area contributed by atoms with Crippen LogP contribution in [-0.2, 0) is 34.5 Å². The van der Waals surface area contributed by atoms with Crippen molar-refractivity contribution in [1.82, 2.24) is 14.6 Å². The summed E-state index contributed by atoms with van der Waals surface area (Å²) in [5.41, 5.74) is -0.473. The van der Waals surface area contributed by atoms with Gasteiger partial charge in [0, 0.05) is 6.42 Å². The van der Waals surface area contributed by atoms with Crippen molar-refractivity contribution < 1.29 is 37.4 Å². The Morgan fingerprint density at radius 2 is 2.00 bits per heavy atom. The lowest BCUT2D eigenvalue weighted by Crippen LogP contribution is -2.36. The standard InChI is InChI=1S/C23H31FN3O9P/c1-13(2)35-22(30)15(4)26-37(32,33-11-16-8-6-5-7-14(16)3)34-12-19-18(28)9-20(36-19)27-10-17(24)21(29)25-23(27)31/h5-8,10,13,15,18-20,28H,9,11-12H2,1-4H3,(H,26,32)(H,25,29,31)/t15-,18?,19?,20?,37-/m0/s1. The molecule has 1 aromatic heterocycles. The van der Waals surface area contributed by atoms with Crippen LogP contribution in [0.4, 0.5) is 4.39 Å². The maximum absolute atomic E-state index is 13.7. The summed E-state index contributed by atoms with van der Waals surface area (Å²) in [4.78, 5) is 37.4. The molecular weight excluding hydrogens is 512 g/mol. The van der Waals surface area contributed by atoms with Gasteiger partial charge in [0.25, 0.3) is 5.56 Å². The van der Waals surface area contributed by atoms with E-state index in [9.17, 15) is 28.4 Å². The number of aliphatic hydroxyl groups excluding tert-OH is 1. The van der Waals surface area contributed by atoms with Gasteiger partial charge in [0.1, 0.15) is 18.4 Å². The Bertz CT molecular complexity index is 1260. The first kappa shape index (κ1) is 28.9. The zero-order valence-corrected chi connectivity index (χ0v) is 21.8. The molecule has 1 aromatic carbocycles. The molecule has 2 aromatic rings. The molecule has 37 heavy (non-hydrogen) atoms. The maximum Gasteiger partial charge on any atom is 0.406 e. The molecule has 0 spiro atoms. The monoisotopic (exact) mass is 543 g/mol. The Kier molecular flexibility index (Phi) is 9.57. The maximum atomic E-state index is 13.7. The highest BCUT2D eigenvalue weighted by Crippen LogP contribution is 2.46. The molecule has 0 aliphatic carbocycles. The lowest BCUT2D eigenvalue weighted by molar-refractivity contribution is -0.149. The minimum Gasteiger partial charge on any atom is -0.462 e. The topological polar surface area (TPSA) is 158 Å². The fourth-order valence-electron chi connectivity index (χ4n) is 3.54. The number of hydrogen-bond acceptors (Lipinski definition) is 9. The summed E-state index contributed by atoms with van der Waals surface area (Å²) < 4.78 is 50.0. The zero-order chi connectivity index (χ0) is 27.3. The van der Waals surface area contributed by atoms with Crippen molar-refractivity contribution in [3.05, 3.63) is 68.2 Å². The number of carbonyl (C=O) groups is 1. The molecule has 2 heterocycles. The molecule has 1 fully saturated rings. The quantitative estimate of drug-likeness (QED) is 0.282. The van der Waals surface area contributed by atoms with E-state index < -0.39 is 68.0 Å². The average molecular weight is 543 g/mol. The van der Waals surface area contributed by atoms with Gasteiger partial charge in [-0.05, 0) is 38.8 Å². The van der Waals surface area contributed by atoms with Crippen molar-refractivity contribution in [3.63, 3.8) is 0 Å². The van der Waals surface area contributed by atoms with Crippen molar-refractivity contribution in [2.24, 2.45) is 0 Å². The van der Waals surface area contributed by atoms with E-state index in [0.717, 1.165) is 15.7 Å². The van der Waals surface area contributed by atoms with E-state index >= 15 is 0 Å². The van der Waals surface area contributed by atoms with Gasteiger partial charge < -0.3 is 14.6 Å². The Morgan fingerprint density at radius 1 is 1.30 bits per heavy atom. The van der Waals surface area contributed by atoms with Crippen LogP contribution < -0.4 is 16.3 Å². The number of aromatic amines is 1. The number of aromatic nitrogens is 2. The highest BCUT2D eigenvalue weighted by atomic mass is 31.2. The van der Waals surface area contributed by atoms with Crippen LogP contribution in [0.15, 0.2) is 40.1 Å². The smallest absolute Gasteiger partial charge is 0.406 e. The first-order chi connectivity index (χ1) is 17.4. The molecule has 1 aliphatic heterocycles. The van der Waals surface area contributed by atoms with Crippen LogP contribution in [-0.4, -0.2) is 51.6 Å². The summed E-state index contributed by atoms with van der Waals surface area (Å²) in [7, 11) is -4.17. The van der Waals surface area contributed by atoms with Gasteiger partial charge in [-0.15, -0.1) is 0 Å². The van der Waals surface area contributed by atoms with Crippen LogP contribution in [0.1, 0.15) is 44.5 Å². The number of nitrogens with zero attached hydrogens (tertiary/aromatic N) is 1. The molecule has 3 rings (SSSR count). The first-order valence-corrected chi connectivity index (χ1v) is 13.2. The Morgan fingerprint density at radius 3 is 2.68 bits per heavy atom. The molecule has 0 saturated carbocycles. The molecule has 5 atom stereocenters. The minimum atomic E-state index is -4.17. The van der Waals surface area contributed by atoms with Crippen molar-refractivity contribution in [2.45, 2.75) is 71.3 Å². The van der Waals surface area contributed by atoms with E-state index in [4.69, 9.17) is 18.5 Å². The number of hydrogen-bond donors (Lipinski definition) is 3. The molecule has 0 amide bonds. The number of esters is 1. The second-order valence-electron chi connectivity index (χ2n) is 8.91. The molecule has 3 N–H and O–H groups in total. The molecular formula is C23H31FN3O9P. The highest BCUT2D eigenvalue weighted by molar-refractivity contribution is 7.51. The molecule has 3 unspecified atom stereocenters. The fourth-order valence-corrected chi connectivity index (χ4v) is 5.00. The number of halogens is 1. The average Bonchev–Trinajstić information content (AvgIpc) is 3.19. The van der Waals surface area contributed by atoms with Gasteiger partial charge in [-0.3, -0.25) is 28.2 Å². The van der Waals surface area contributed by atoms with E-state index in [1.807, 2.05) is 24.0 Å². The van der Waals surface area contributed by atoms with Gasteiger partial charge in [0.2, 0.25) is 5.82 Å². The number of aryl methyl sites for hydroxylation is 1. The van der Waals surface area contributed by atoms with Crippen molar-refractivity contribution >= 4 is 13.7 Å². The normalized spacial score (nSPS) is 22.1. The number of rotatable bonds is 11. The third kappa shape index (κ3) is 7.67. The van der Waals surface area contributed by atoms with Crippen molar-refractivity contribution in [1.29, 1.82) is 0 Å². The second-order valence-corrected chi connectivity index (χ2v) is 10.7. The van der Waals surface area contributed by atoms with Gasteiger partial charge in [0.15, 0.2) is 0 Å². The number of carbonyl (C=O) groups excluding carboxylic acids is 1. The predicted octanol–water partition coefficient (Wildman–Crippen LogP) is 1.90. The van der Waals surface area contributed by atoms with Gasteiger partial charge in [-0.2, -0.15) is 4.39 Å². The van der Waals surface area contributed by atoms with Crippen LogP contribution >= 0.6 is 7.75 Å². The summed E-state index contributed by atoms with van der Waals surface area (Å²) >= 11 is 0. The van der Waals surface area contributed by atoms with E-state index in [-0.39, 0.29) is 13.0 Å². The van der Waals surface area contributed by atoms with E-state index in [2.05, 4.69) is 5.09 Å². The number of aliphatic hydroxyl groups is 1. The fraction of sp³-hybridized carbons (Fsp3) is 0.522. The molecule has 1 saturated heterocycles. The Labute approximate surface area is 212 Å². The summed E-state index contributed by atoms with van der Waals surface area (Å²) in [5, 5.41) is 13.0. The van der Waals surface area contributed by atoms with Gasteiger partial charge in [-0.1, -0.05) is 24.3 Å². The zero-order valence-electron chi connectivity index (χ0n) is 20.9. The molecule has 0 bridgehead atoms. The lowest BCUT2D eigenvalue weighted by atomic mass is 10.1. The molecule has 1 aliphatic rings. The van der Waals surface area contributed by atoms with Crippen LogP contribution in [0.5, 0.6) is 0 Å². The number of ether oxygens (including phenoxy) is 2. The van der Waals surface area contributed by atoms with Crippen LogP contribution in [0.25, 0.3) is 0 Å². The third-order valence-electron chi connectivity index (χ3n) is 5.56. The van der Waals surface area contributed by atoms with Gasteiger partial charge in [-0.25, -0.2) is 14.4 Å². The summed E-state index contributed by atoms with van der Waals surface area (Å²) in [6, 6.07) is 6.20. The third-order valence-corrected chi connectivity index (χ3v) is 7.22. The number of nitrogens with one attached hydrogen (secondary N) is 2. The summed E-state index contributed by atoms with van der Waals surface area (Å²) in [5.74, 6) is -1.87. The lowest BCUT2D eigenvalue weighted by Gasteiger charge is -2.25. The van der Waals surface area contributed by atoms with E-state index in [0.29, 0.717) is 6.20 Å². The van der Waals surface area contributed by atoms with Crippen molar-refractivity contribution in [2.75, 3.05) is 6.61 Å². The second kappa shape index (κ2) is 12.2. The highest BCUT2D eigenvalue weighted by Gasteiger charge is 2.39. The number of H-pyrrole nitrogens is 1. The predicted molar refractivity (Wildman–Crippen MR) is 129 cm³/mol. The van der Waals surface area contributed by atoms with E-state index in [1.54, 1.807) is 26.0 Å². The summed E-state index contributed by atoms with van der Waals surface area (Å²) in [6.45, 7) is 6.07. The first-order valence-electron chi connectivity index (χ1n) is 11.6. The van der Waals surface area contributed by atoms with Gasteiger partial charge in [0.05, 0.1) is 31.6 Å². The van der Waals surface area contributed by atoms with Crippen LogP contribution in [0, 0.1) is 12.7 Å². The van der Waals surface area contributed by atoms with Crippen LogP contribution in [0.2, 0.25) is 0 Å². The van der Waals surface area contributed by atoms with Crippen LogP contribution in [0.3, 0.4) is 0 Å². The number of benzene rings is 1.